The van der Waals surface area contributed by atoms with E-state index in [9.17, 15) is 0 Å². The van der Waals surface area contributed by atoms with Crippen LogP contribution in [0.2, 0.25) is 0 Å². The van der Waals surface area contributed by atoms with Crippen LogP contribution in [-0.4, -0.2) is 14.1 Å². The number of benzene rings is 2. The number of hydrogen-bond acceptors (Lipinski definition) is 4. The molecule has 0 aromatic heterocycles. The molecular weight excluding hydrogens is 236 g/mol. The Morgan fingerprint density at radius 3 is 2.26 bits per heavy atom. The number of nitrogens with zero attached hydrogens (tertiary/aromatic N) is 4. The molecule has 0 fully saturated rings. The van der Waals surface area contributed by atoms with Crippen LogP contribution in [0, 0.1) is 11.3 Å². The molecule has 4 nitrogen and oxygen atoms in total. The molecule has 0 spiro atoms. The van der Waals surface area contributed by atoms with Crippen molar-refractivity contribution in [1.29, 1.82) is 5.26 Å². The lowest BCUT2D eigenvalue weighted by Gasteiger charge is -2.11. The molecule has 2 rings (SSSR count). The first-order chi connectivity index (χ1) is 9.19. The second kappa shape index (κ2) is 5.78. The fraction of sp³-hybridized carbons (Fsp3) is 0.133. The van der Waals surface area contributed by atoms with Gasteiger partial charge in [0.1, 0.15) is 0 Å². The van der Waals surface area contributed by atoms with Gasteiger partial charge in [-0.05, 0) is 42.5 Å². The first-order valence-corrected chi connectivity index (χ1v) is 5.88. The molecule has 94 valence electrons. The van der Waals surface area contributed by atoms with Gasteiger partial charge in [0.25, 0.3) is 0 Å². The Bertz CT molecular complexity index is 621. The topological polar surface area (TPSA) is 51.8 Å². The van der Waals surface area contributed by atoms with E-state index in [1.165, 1.54) is 0 Å². The summed E-state index contributed by atoms with van der Waals surface area (Å²) in [5, 5.41) is 17.1. The summed E-state index contributed by atoms with van der Waals surface area (Å²) in [6, 6.07) is 16.9. The molecule has 0 amide bonds. The van der Waals surface area contributed by atoms with E-state index < -0.39 is 0 Å². The summed E-state index contributed by atoms with van der Waals surface area (Å²) in [7, 11) is 3.98. The summed E-state index contributed by atoms with van der Waals surface area (Å²) < 4.78 is 0. The van der Waals surface area contributed by atoms with Crippen molar-refractivity contribution < 1.29 is 0 Å². The zero-order valence-electron chi connectivity index (χ0n) is 10.9. The minimum atomic E-state index is 0.583. The molecule has 19 heavy (non-hydrogen) atoms. The first kappa shape index (κ1) is 12.8. The quantitative estimate of drug-likeness (QED) is 0.772. The maximum absolute atomic E-state index is 8.80. The van der Waals surface area contributed by atoms with Crippen LogP contribution in [0.1, 0.15) is 5.56 Å². The van der Waals surface area contributed by atoms with E-state index in [1.807, 2.05) is 49.3 Å². The predicted molar refractivity (Wildman–Crippen MR) is 76.1 cm³/mol. The summed E-state index contributed by atoms with van der Waals surface area (Å²) in [6.07, 6.45) is 0. The number of hydrogen-bond donors (Lipinski definition) is 0. The van der Waals surface area contributed by atoms with Gasteiger partial charge in [0.05, 0.1) is 23.0 Å². The molecule has 0 saturated heterocycles. The molecule has 0 saturated carbocycles. The van der Waals surface area contributed by atoms with Crippen LogP contribution in [0.25, 0.3) is 0 Å². The molecule has 0 bridgehead atoms. The number of azo groups is 1. The fourth-order valence-electron chi connectivity index (χ4n) is 1.57. The van der Waals surface area contributed by atoms with Gasteiger partial charge < -0.3 is 4.90 Å². The summed E-state index contributed by atoms with van der Waals surface area (Å²) in [6.45, 7) is 0. The smallest absolute Gasteiger partial charge is 0.0992 e. The van der Waals surface area contributed by atoms with Crippen LogP contribution in [-0.2, 0) is 0 Å². The Morgan fingerprint density at radius 1 is 0.947 bits per heavy atom. The fourth-order valence-corrected chi connectivity index (χ4v) is 1.57. The lowest BCUT2D eigenvalue weighted by molar-refractivity contribution is 1.13. The van der Waals surface area contributed by atoms with Crippen LogP contribution in [0.5, 0.6) is 0 Å². The van der Waals surface area contributed by atoms with Crippen molar-refractivity contribution in [3.63, 3.8) is 0 Å². The second-order valence-corrected chi connectivity index (χ2v) is 4.27. The summed E-state index contributed by atoms with van der Waals surface area (Å²) in [4.78, 5) is 2.03. The largest absolute Gasteiger partial charge is 0.378 e. The van der Waals surface area contributed by atoms with Gasteiger partial charge in [0, 0.05) is 19.8 Å². The van der Waals surface area contributed by atoms with Crippen molar-refractivity contribution in [1.82, 2.24) is 0 Å². The van der Waals surface area contributed by atoms with E-state index in [4.69, 9.17) is 5.26 Å². The van der Waals surface area contributed by atoms with Gasteiger partial charge in [-0.3, -0.25) is 0 Å². The average Bonchev–Trinajstić information content (AvgIpc) is 2.46. The van der Waals surface area contributed by atoms with Crippen LogP contribution in [0.15, 0.2) is 58.8 Å². The van der Waals surface area contributed by atoms with Gasteiger partial charge >= 0.3 is 0 Å². The highest BCUT2D eigenvalue weighted by atomic mass is 15.1. The predicted octanol–water partition coefficient (Wildman–Crippen LogP) is 4.04. The van der Waals surface area contributed by atoms with Crippen molar-refractivity contribution >= 4 is 17.1 Å². The molecule has 4 heteroatoms. The minimum Gasteiger partial charge on any atom is -0.378 e. The molecule has 0 aliphatic carbocycles. The molecule has 0 N–H and O–H groups in total. The van der Waals surface area contributed by atoms with Crippen LogP contribution < -0.4 is 4.90 Å². The van der Waals surface area contributed by atoms with Crippen LogP contribution >= 0.6 is 0 Å². The van der Waals surface area contributed by atoms with Crippen molar-refractivity contribution in [3.8, 4) is 6.07 Å². The zero-order chi connectivity index (χ0) is 13.7. The molecule has 2 aromatic carbocycles. The maximum atomic E-state index is 8.80. The highest BCUT2D eigenvalue weighted by molar-refractivity contribution is 5.52. The van der Waals surface area contributed by atoms with Crippen molar-refractivity contribution in [2.45, 2.75) is 0 Å². The first-order valence-electron chi connectivity index (χ1n) is 5.88. The third-order valence-electron chi connectivity index (χ3n) is 2.62. The van der Waals surface area contributed by atoms with Gasteiger partial charge in [0.2, 0.25) is 0 Å². The third kappa shape index (κ3) is 3.39. The summed E-state index contributed by atoms with van der Waals surface area (Å²) in [5.74, 6) is 0. The van der Waals surface area contributed by atoms with E-state index >= 15 is 0 Å². The summed E-state index contributed by atoms with van der Waals surface area (Å²) in [5.41, 5.74) is 3.16. The van der Waals surface area contributed by atoms with Crippen molar-refractivity contribution in [2.75, 3.05) is 19.0 Å². The Balaban J connectivity index is 2.16. The van der Waals surface area contributed by atoms with Gasteiger partial charge in [-0.1, -0.05) is 6.07 Å². The average molecular weight is 250 g/mol. The van der Waals surface area contributed by atoms with Crippen LogP contribution in [0.4, 0.5) is 17.1 Å². The van der Waals surface area contributed by atoms with Gasteiger partial charge in [-0.15, -0.1) is 0 Å². The molecule has 0 unspecified atom stereocenters. The molecule has 0 aliphatic rings. The molecule has 2 aromatic rings. The van der Waals surface area contributed by atoms with E-state index in [0.29, 0.717) is 11.3 Å². The van der Waals surface area contributed by atoms with Crippen molar-refractivity contribution in [2.24, 2.45) is 10.2 Å². The van der Waals surface area contributed by atoms with Gasteiger partial charge in [-0.25, -0.2) is 0 Å². The van der Waals surface area contributed by atoms with E-state index in [-0.39, 0.29) is 0 Å². The Kier molecular flexibility index (Phi) is 3.89. The Labute approximate surface area is 112 Å². The number of rotatable bonds is 3. The lowest BCUT2D eigenvalue weighted by atomic mass is 10.2. The molecule has 0 radical (unpaired) electrons. The lowest BCUT2D eigenvalue weighted by Crippen LogP contribution is -2.07. The number of nitriles is 1. The molecule has 0 heterocycles. The number of anilines is 1. The van der Waals surface area contributed by atoms with Gasteiger partial charge in [-0.2, -0.15) is 15.5 Å². The summed E-state index contributed by atoms with van der Waals surface area (Å²) >= 11 is 0. The Hall–Kier alpha value is -2.67. The third-order valence-corrected chi connectivity index (χ3v) is 2.62. The van der Waals surface area contributed by atoms with Crippen molar-refractivity contribution in [3.05, 3.63) is 54.1 Å². The van der Waals surface area contributed by atoms with E-state index in [2.05, 4.69) is 16.3 Å². The van der Waals surface area contributed by atoms with Gasteiger partial charge in [0.15, 0.2) is 0 Å². The Morgan fingerprint density at radius 2 is 1.63 bits per heavy atom. The minimum absolute atomic E-state index is 0.583. The highest BCUT2D eigenvalue weighted by Crippen LogP contribution is 2.21. The molecule has 0 aliphatic heterocycles. The maximum Gasteiger partial charge on any atom is 0.0992 e. The molecule has 0 atom stereocenters. The highest BCUT2D eigenvalue weighted by Gasteiger charge is 1.96. The van der Waals surface area contributed by atoms with Crippen LogP contribution in [0.3, 0.4) is 0 Å². The standard InChI is InChI=1S/C15H14N4/c1-19(2)15-8-6-13(7-9-15)17-18-14-5-3-4-12(10-14)11-16/h3-10H,1-2H3. The SMILES string of the molecule is CN(C)c1ccc(N=Nc2cccc(C#N)c2)cc1. The normalized spacial score (nSPS) is 10.4. The monoisotopic (exact) mass is 250 g/mol. The molecular formula is C15H14N4. The van der Waals surface area contributed by atoms with E-state index in [1.54, 1.807) is 18.2 Å². The van der Waals surface area contributed by atoms with E-state index in [0.717, 1.165) is 11.4 Å². The second-order valence-electron chi connectivity index (χ2n) is 4.27. The zero-order valence-corrected chi connectivity index (χ0v) is 10.9.